The molecule has 1 aromatic heterocycles. The number of barbiturate groups is 1. The second-order valence-corrected chi connectivity index (χ2v) is 9.45. The van der Waals surface area contributed by atoms with Gasteiger partial charge >= 0.3 is 6.03 Å². The van der Waals surface area contributed by atoms with Gasteiger partial charge in [0, 0.05) is 24.2 Å². The van der Waals surface area contributed by atoms with Gasteiger partial charge in [-0.25, -0.2) is 4.79 Å². The fourth-order valence-corrected chi connectivity index (χ4v) is 5.59. The number of fused-ring (bicyclic) bond motifs is 4. The molecule has 4 amide bonds. The normalized spacial score (nSPS) is 25.6. The van der Waals surface area contributed by atoms with Gasteiger partial charge in [-0.2, -0.15) is 4.98 Å². The molecule has 10 nitrogen and oxygen atoms in total. The summed E-state index contributed by atoms with van der Waals surface area (Å²) in [6.07, 6.45) is 3.57. The number of benzene rings is 1. The molecule has 3 aliphatic rings. The van der Waals surface area contributed by atoms with Gasteiger partial charge in [-0.1, -0.05) is 24.9 Å². The summed E-state index contributed by atoms with van der Waals surface area (Å²) < 4.78 is 11.5. The molecule has 0 bridgehead atoms. The first-order chi connectivity index (χ1) is 16.3. The van der Waals surface area contributed by atoms with Crippen molar-refractivity contribution in [3.8, 4) is 11.4 Å². The summed E-state index contributed by atoms with van der Waals surface area (Å²) in [5.41, 5.74) is 0.999. The number of imide groups is 2. The molecule has 10 heteroatoms. The van der Waals surface area contributed by atoms with Gasteiger partial charge in [0.15, 0.2) is 5.41 Å². The molecule has 1 aromatic carbocycles. The van der Waals surface area contributed by atoms with Crippen LogP contribution in [0.3, 0.4) is 0 Å². The van der Waals surface area contributed by atoms with Crippen LogP contribution in [0.2, 0.25) is 0 Å². The molecule has 0 saturated carbocycles. The minimum Gasteiger partial charge on any atom is -0.372 e. The lowest BCUT2D eigenvalue weighted by atomic mass is 9.66. The highest BCUT2D eigenvalue weighted by Gasteiger charge is 2.62. The number of unbranched alkanes of at least 4 members (excludes halogenated alkanes) is 2. The van der Waals surface area contributed by atoms with Crippen LogP contribution in [0.1, 0.15) is 51.5 Å². The molecule has 2 N–H and O–H groups in total. The van der Waals surface area contributed by atoms with Crippen LogP contribution in [0, 0.1) is 5.41 Å². The summed E-state index contributed by atoms with van der Waals surface area (Å²) >= 11 is 0. The number of rotatable bonds is 5. The number of nitrogens with zero attached hydrogens (tertiary/aromatic N) is 3. The molecule has 0 unspecified atom stereocenters. The number of ether oxygens (including phenoxy) is 1. The Morgan fingerprint density at radius 2 is 1.91 bits per heavy atom. The summed E-state index contributed by atoms with van der Waals surface area (Å²) in [5.74, 6) is -0.134. The van der Waals surface area contributed by atoms with E-state index in [2.05, 4.69) is 32.6 Å². The lowest BCUT2D eigenvalue weighted by molar-refractivity contribution is -0.153. The molecule has 4 heterocycles. The summed E-state index contributed by atoms with van der Waals surface area (Å²) in [5, 5.41) is 8.76. The van der Waals surface area contributed by atoms with Gasteiger partial charge in [-0.15, -0.1) is 0 Å². The first-order valence-corrected chi connectivity index (χ1v) is 11.9. The SMILES string of the molecule is CCCCCc1nc(-c2ccc3c(c2)CC2(C(=O)NC(=O)NC2=O)[C@H]2[C@H](C)O[C@H](C)CN32)no1. The zero-order valence-electron chi connectivity index (χ0n) is 19.6. The number of aromatic nitrogens is 2. The predicted molar refractivity (Wildman–Crippen MR) is 122 cm³/mol. The predicted octanol–water partition coefficient (Wildman–Crippen LogP) is 2.36. The number of hydrogen-bond acceptors (Lipinski definition) is 8. The maximum atomic E-state index is 13.3. The van der Waals surface area contributed by atoms with Crippen LogP contribution in [0.15, 0.2) is 22.7 Å². The third-order valence-electron chi connectivity index (χ3n) is 7.03. The number of anilines is 1. The Kier molecular flexibility index (Phi) is 5.63. The third kappa shape index (κ3) is 3.56. The number of carbonyl (C=O) groups excluding carboxylic acids is 3. The Morgan fingerprint density at radius 3 is 2.65 bits per heavy atom. The van der Waals surface area contributed by atoms with Crippen LogP contribution in [-0.2, 0) is 27.2 Å². The number of amides is 4. The van der Waals surface area contributed by atoms with E-state index in [1.165, 1.54) is 0 Å². The van der Waals surface area contributed by atoms with Crippen LogP contribution in [0.4, 0.5) is 10.5 Å². The molecular formula is C24H29N5O5. The molecule has 2 saturated heterocycles. The number of carbonyl (C=O) groups is 3. The van der Waals surface area contributed by atoms with Crippen molar-refractivity contribution in [2.75, 3.05) is 11.4 Å². The fourth-order valence-electron chi connectivity index (χ4n) is 5.59. The quantitative estimate of drug-likeness (QED) is 0.507. The maximum Gasteiger partial charge on any atom is 0.328 e. The second-order valence-electron chi connectivity index (χ2n) is 9.45. The van der Waals surface area contributed by atoms with E-state index in [0.717, 1.165) is 42.5 Å². The van der Waals surface area contributed by atoms with E-state index in [0.29, 0.717) is 18.3 Å². The van der Waals surface area contributed by atoms with Crippen molar-refractivity contribution in [1.29, 1.82) is 0 Å². The standard InChI is InChI=1S/C24H29N5O5/c1-4-5-6-7-18-25-20(28-34-18)15-8-9-17-16(10-15)11-24(21(30)26-23(32)27-22(24)31)19-14(3)33-13(2)12-29(17)19/h8-10,13-14,19H,4-7,11-12H2,1-3H3,(H2,26,27,30,31,32)/t13-,14+,19-/m1/s1. The molecule has 0 aliphatic carbocycles. The van der Waals surface area contributed by atoms with Gasteiger partial charge in [-0.05, 0) is 50.5 Å². The monoisotopic (exact) mass is 467 g/mol. The van der Waals surface area contributed by atoms with Gasteiger partial charge in [0.2, 0.25) is 23.5 Å². The second kappa shape index (κ2) is 8.50. The van der Waals surface area contributed by atoms with Gasteiger partial charge in [0.05, 0.1) is 18.2 Å². The van der Waals surface area contributed by atoms with Crippen molar-refractivity contribution in [3.05, 3.63) is 29.7 Å². The molecule has 2 aromatic rings. The number of hydrogen-bond donors (Lipinski definition) is 2. The van der Waals surface area contributed by atoms with E-state index < -0.39 is 35.4 Å². The van der Waals surface area contributed by atoms with Crippen LogP contribution in [0.5, 0.6) is 0 Å². The Balaban J connectivity index is 1.55. The summed E-state index contributed by atoms with van der Waals surface area (Å²) in [4.78, 5) is 45.0. The zero-order valence-corrected chi connectivity index (χ0v) is 19.6. The highest BCUT2D eigenvalue weighted by molar-refractivity contribution is 6.20. The molecule has 2 fully saturated rings. The smallest absolute Gasteiger partial charge is 0.328 e. The van der Waals surface area contributed by atoms with E-state index in [-0.39, 0.29) is 12.5 Å². The van der Waals surface area contributed by atoms with E-state index in [9.17, 15) is 14.4 Å². The number of nitrogens with one attached hydrogen (secondary N) is 2. The minimum atomic E-state index is -1.50. The number of urea groups is 1. The highest BCUT2D eigenvalue weighted by atomic mass is 16.5. The molecule has 0 radical (unpaired) electrons. The van der Waals surface area contributed by atoms with Gasteiger partial charge in [0.25, 0.3) is 0 Å². The van der Waals surface area contributed by atoms with Crippen LogP contribution in [0.25, 0.3) is 11.4 Å². The molecule has 1 spiro atoms. The van der Waals surface area contributed by atoms with E-state index in [1.54, 1.807) is 0 Å². The van der Waals surface area contributed by atoms with Crippen molar-refractivity contribution < 1.29 is 23.6 Å². The average molecular weight is 468 g/mol. The first kappa shape index (κ1) is 22.5. The van der Waals surface area contributed by atoms with Gasteiger partial charge in [-0.3, -0.25) is 20.2 Å². The van der Waals surface area contributed by atoms with Gasteiger partial charge < -0.3 is 14.2 Å². The van der Waals surface area contributed by atoms with Crippen molar-refractivity contribution in [2.24, 2.45) is 5.41 Å². The largest absolute Gasteiger partial charge is 0.372 e. The lowest BCUT2D eigenvalue weighted by Gasteiger charge is -2.55. The van der Waals surface area contributed by atoms with Crippen LogP contribution < -0.4 is 15.5 Å². The van der Waals surface area contributed by atoms with E-state index >= 15 is 0 Å². The van der Waals surface area contributed by atoms with E-state index in [1.807, 2.05) is 32.0 Å². The van der Waals surface area contributed by atoms with Crippen molar-refractivity contribution >= 4 is 23.5 Å². The van der Waals surface area contributed by atoms with Crippen LogP contribution >= 0.6 is 0 Å². The Morgan fingerprint density at radius 1 is 1.15 bits per heavy atom. The third-order valence-corrected chi connectivity index (χ3v) is 7.03. The molecule has 34 heavy (non-hydrogen) atoms. The lowest BCUT2D eigenvalue weighted by Crippen LogP contribution is -2.75. The minimum absolute atomic E-state index is 0.0897. The first-order valence-electron chi connectivity index (χ1n) is 11.9. The molecule has 3 atom stereocenters. The Bertz CT molecular complexity index is 1120. The summed E-state index contributed by atoms with van der Waals surface area (Å²) in [7, 11) is 0. The molecule has 3 aliphatic heterocycles. The van der Waals surface area contributed by atoms with Crippen molar-refractivity contribution in [3.63, 3.8) is 0 Å². The van der Waals surface area contributed by atoms with Crippen molar-refractivity contribution in [2.45, 2.75) is 71.1 Å². The van der Waals surface area contributed by atoms with Crippen LogP contribution in [-0.4, -0.2) is 52.8 Å². The highest BCUT2D eigenvalue weighted by Crippen LogP contribution is 2.47. The zero-order chi connectivity index (χ0) is 24.0. The van der Waals surface area contributed by atoms with Crippen molar-refractivity contribution in [1.82, 2.24) is 20.8 Å². The maximum absolute atomic E-state index is 13.3. The average Bonchev–Trinajstić information content (AvgIpc) is 3.26. The summed E-state index contributed by atoms with van der Waals surface area (Å²) in [6, 6.07) is 4.48. The van der Waals surface area contributed by atoms with Gasteiger partial charge in [0.1, 0.15) is 0 Å². The Hall–Kier alpha value is -3.27. The summed E-state index contributed by atoms with van der Waals surface area (Å²) in [6.45, 7) is 6.49. The molecule has 5 rings (SSSR count). The fraction of sp³-hybridized carbons (Fsp3) is 0.542. The van der Waals surface area contributed by atoms with E-state index in [4.69, 9.17) is 9.26 Å². The molecule has 180 valence electrons. The molecular weight excluding hydrogens is 438 g/mol. The number of morpholine rings is 1. The number of aryl methyl sites for hydroxylation is 1. The Labute approximate surface area is 197 Å². The topological polar surface area (TPSA) is 127 Å².